The minimum atomic E-state index is -6.64. The molecule has 1 aromatic carbocycles. The van der Waals surface area contributed by atoms with Gasteiger partial charge in [0.15, 0.2) is 0 Å². The predicted molar refractivity (Wildman–Crippen MR) is 69.2 cm³/mol. The normalized spacial score (nSPS) is 14.2. The molecule has 11 heteroatoms. The van der Waals surface area contributed by atoms with Crippen molar-refractivity contribution < 1.29 is 35.1 Å². The van der Waals surface area contributed by atoms with Gasteiger partial charge in [-0.1, -0.05) is 18.2 Å². The number of nitrogens with one attached hydrogen (secondary N) is 1. The van der Waals surface area contributed by atoms with E-state index in [1.165, 1.54) is 18.2 Å². The van der Waals surface area contributed by atoms with Gasteiger partial charge in [-0.25, -0.2) is 0 Å². The Balaban J connectivity index is 2.70. The molecule has 0 bridgehead atoms. The van der Waals surface area contributed by atoms with Crippen LogP contribution in [0.2, 0.25) is 0 Å². The Morgan fingerprint density at radius 1 is 0.875 bits per heavy atom. The van der Waals surface area contributed by atoms with Gasteiger partial charge in [0.05, 0.1) is 5.56 Å². The van der Waals surface area contributed by atoms with Crippen LogP contribution in [0.5, 0.6) is 0 Å². The van der Waals surface area contributed by atoms with E-state index in [0.717, 1.165) is 6.07 Å². The number of hydrogen-bond acceptors (Lipinski definition) is 1. The highest BCUT2D eigenvalue weighted by Crippen LogP contribution is 2.56. The first-order chi connectivity index (χ1) is 10.7. The second kappa shape index (κ2) is 5.33. The van der Waals surface area contributed by atoms with Crippen LogP contribution < -0.4 is 5.56 Å². The van der Waals surface area contributed by atoms with Gasteiger partial charge in [0.1, 0.15) is 0 Å². The molecule has 2 aromatic rings. The van der Waals surface area contributed by atoms with Gasteiger partial charge in [0, 0.05) is 5.52 Å². The maximum absolute atomic E-state index is 13.9. The molecule has 0 unspecified atom stereocenters. The molecular weight excluding hydrogens is 374 g/mol. The van der Waals surface area contributed by atoms with Crippen molar-refractivity contribution in [2.45, 2.75) is 23.1 Å². The monoisotopic (exact) mass is 379 g/mol. The van der Waals surface area contributed by atoms with E-state index >= 15 is 0 Å². The van der Waals surface area contributed by atoms with Gasteiger partial charge in [-0.2, -0.15) is 35.1 Å². The Hall–Kier alpha value is -1.84. The number of halogens is 9. The molecule has 0 amide bonds. The third-order valence-corrected chi connectivity index (χ3v) is 3.47. The van der Waals surface area contributed by atoms with Crippen molar-refractivity contribution in [2.75, 3.05) is 0 Å². The van der Waals surface area contributed by atoms with E-state index in [1.807, 2.05) is 0 Å². The van der Waals surface area contributed by atoms with Crippen molar-refractivity contribution in [1.82, 2.24) is 4.98 Å². The van der Waals surface area contributed by atoms with E-state index in [-0.39, 0.29) is 17.0 Å². The molecule has 0 saturated heterocycles. The van der Waals surface area contributed by atoms with Gasteiger partial charge in [0.25, 0.3) is 5.56 Å². The maximum atomic E-state index is 13.9. The number of rotatable bonds is 4. The number of benzene rings is 1. The second-order valence-electron chi connectivity index (χ2n) is 4.82. The first kappa shape index (κ1) is 18.5. The lowest BCUT2D eigenvalue weighted by Gasteiger charge is -2.34. The molecule has 0 aliphatic rings. The predicted octanol–water partition coefficient (Wildman–Crippen LogP) is 4.72. The minimum Gasteiger partial charge on any atom is -0.322 e. The van der Waals surface area contributed by atoms with Crippen LogP contribution in [-0.2, 0) is 5.92 Å². The Kier molecular flexibility index (Phi) is 4.11. The molecule has 0 radical (unpaired) electrons. The number of H-pyrrole nitrogens is 1. The highest BCUT2D eigenvalue weighted by atomic mass is 35.5. The molecule has 0 aliphatic heterocycles. The molecular formula is C13H6ClF8NO. The number of aromatic nitrogens is 1. The van der Waals surface area contributed by atoms with Gasteiger partial charge in [-0.15, -0.1) is 0 Å². The van der Waals surface area contributed by atoms with Crippen LogP contribution in [0, 0.1) is 0 Å². The van der Waals surface area contributed by atoms with Crippen molar-refractivity contribution in [3.05, 3.63) is 46.2 Å². The summed E-state index contributed by atoms with van der Waals surface area (Å²) in [5, 5.41) is -6.16. The molecule has 0 fully saturated rings. The molecule has 0 atom stereocenters. The summed E-state index contributed by atoms with van der Waals surface area (Å²) in [6, 6.07) is 5.26. The van der Waals surface area contributed by atoms with E-state index < -0.39 is 34.3 Å². The zero-order valence-corrected chi connectivity index (χ0v) is 12.0. The molecule has 0 spiro atoms. The van der Waals surface area contributed by atoms with Crippen molar-refractivity contribution in [1.29, 1.82) is 0 Å². The third kappa shape index (κ3) is 2.52. The summed E-state index contributed by atoms with van der Waals surface area (Å²) in [4.78, 5) is 13.4. The average Bonchev–Trinajstić information content (AvgIpc) is 2.44. The SMILES string of the molecule is O=c1[nH]c2ccccc2cc1C(F)(F)C(F)(F)C(F)(F)C(F)(F)Cl. The Morgan fingerprint density at radius 2 is 1.42 bits per heavy atom. The van der Waals surface area contributed by atoms with Crippen molar-refractivity contribution >= 4 is 22.5 Å². The quantitative estimate of drug-likeness (QED) is 0.605. The third-order valence-electron chi connectivity index (χ3n) is 3.24. The molecule has 1 heterocycles. The minimum absolute atomic E-state index is 0.0419. The first-order valence-corrected chi connectivity index (χ1v) is 6.44. The standard InChI is InChI=1S/C13H6ClF8NO/c14-13(21,22)12(19,20)11(17,18)10(15,16)7-5-6-3-1-2-4-8(6)23-9(7)24/h1-5H,(H,23,24). The van der Waals surface area contributed by atoms with Crippen molar-refractivity contribution in [2.24, 2.45) is 0 Å². The number of alkyl halides is 9. The molecule has 1 aromatic heterocycles. The summed E-state index contributed by atoms with van der Waals surface area (Å²) >= 11 is 3.86. The molecule has 1 N–H and O–H groups in total. The number of hydrogen-bond donors (Lipinski definition) is 1. The molecule has 132 valence electrons. The smallest absolute Gasteiger partial charge is 0.322 e. The van der Waals surface area contributed by atoms with Crippen LogP contribution >= 0.6 is 11.6 Å². The summed E-state index contributed by atoms with van der Waals surface area (Å²) in [7, 11) is 0. The average molecular weight is 380 g/mol. The Morgan fingerprint density at radius 3 is 1.96 bits per heavy atom. The molecule has 2 rings (SSSR count). The van der Waals surface area contributed by atoms with Gasteiger partial charge < -0.3 is 4.98 Å². The van der Waals surface area contributed by atoms with E-state index in [4.69, 9.17) is 0 Å². The number of para-hydroxylation sites is 1. The Labute approximate surface area is 133 Å². The van der Waals surface area contributed by atoms with Crippen LogP contribution in [0.25, 0.3) is 10.9 Å². The summed E-state index contributed by atoms with van der Waals surface area (Å²) < 4.78 is 106. The zero-order chi connectivity index (χ0) is 18.6. The lowest BCUT2D eigenvalue weighted by molar-refractivity contribution is -0.353. The number of fused-ring (bicyclic) bond motifs is 1. The van der Waals surface area contributed by atoms with Gasteiger partial charge in [0.2, 0.25) is 0 Å². The lowest BCUT2D eigenvalue weighted by atomic mass is 9.97. The number of aromatic amines is 1. The van der Waals surface area contributed by atoms with E-state index in [0.29, 0.717) is 0 Å². The highest BCUT2D eigenvalue weighted by molar-refractivity contribution is 6.22. The summed E-state index contributed by atoms with van der Waals surface area (Å²) in [6.07, 6.45) is 0. The first-order valence-electron chi connectivity index (χ1n) is 6.06. The fourth-order valence-electron chi connectivity index (χ4n) is 1.92. The van der Waals surface area contributed by atoms with E-state index in [1.54, 1.807) is 4.98 Å². The van der Waals surface area contributed by atoms with Crippen molar-refractivity contribution in [3.8, 4) is 0 Å². The van der Waals surface area contributed by atoms with Gasteiger partial charge in [-0.3, -0.25) is 4.79 Å². The van der Waals surface area contributed by atoms with Crippen LogP contribution in [0.3, 0.4) is 0 Å². The number of pyridine rings is 1. The summed E-state index contributed by atoms with van der Waals surface area (Å²) in [5.74, 6) is -19.2. The van der Waals surface area contributed by atoms with E-state index in [9.17, 15) is 39.9 Å². The Bertz CT molecular complexity index is 827. The second-order valence-corrected chi connectivity index (χ2v) is 5.30. The van der Waals surface area contributed by atoms with Gasteiger partial charge >= 0.3 is 23.1 Å². The lowest BCUT2D eigenvalue weighted by Crippen LogP contribution is -2.60. The van der Waals surface area contributed by atoms with E-state index in [2.05, 4.69) is 11.6 Å². The fourth-order valence-corrected chi connectivity index (χ4v) is 2.04. The molecule has 0 aliphatic carbocycles. The largest absolute Gasteiger partial charge is 0.393 e. The van der Waals surface area contributed by atoms with Crippen LogP contribution in [0.4, 0.5) is 35.1 Å². The van der Waals surface area contributed by atoms with Gasteiger partial charge in [-0.05, 0) is 29.1 Å². The zero-order valence-electron chi connectivity index (χ0n) is 11.2. The van der Waals surface area contributed by atoms with Crippen LogP contribution in [-0.4, -0.2) is 22.2 Å². The fraction of sp³-hybridized carbons (Fsp3) is 0.308. The summed E-state index contributed by atoms with van der Waals surface area (Å²) in [5.41, 5.74) is -3.96. The van der Waals surface area contributed by atoms with Crippen LogP contribution in [0.15, 0.2) is 35.1 Å². The van der Waals surface area contributed by atoms with Crippen LogP contribution in [0.1, 0.15) is 5.56 Å². The highest BCUT2D eigenvalue weighted by Gasteiger charge is 2.81. The summed E-state index contributed by atoms with van der Waals surface area (Å²) in [6.45, 7) is 0. The molecule has 2 nitrogen and oxygen atoms in total. The topological polar surface area (TPSA) is 32.9 Å². The maximum Gasteiger partial charge on any atom is 0.393 e. The molecule has 24 heavy (non-hydrogen) atoms. The molecule has 0 saturated carbocycles. The van der Waals surface area contributed by atoms with Crippen molar-refractivity contribution in [3.63, 3.8) is 0 Å².